The minimum Gasteiger partial charge on any atom is -0.311 e. The van der Waals surface area contributed by atoms with Crippen molar-refractivity contribution in [2.75, 3.05) is 9.80 Å². The van der Waals surface area contributed by atoms with E-state index >= 15 is 0 Å². The first-order chi connectivity index (χ1) is 28.7. The van der Waals surface area contributed by atoms with Crippen LogP contribution in [0.25, 0.3) is 44.5 Å². The van der Waals surface area contributed by atoms with Gasteiger partial charge in [-0.15, -0.1) is 0 Å². The smallest absolute Gasteiger partial charge is 0.252 e. The lowest BCUT2D eigenvalue weighted by molar-refractivity contribution is 1.24. The molecule has 0 atom stereocenters. The molecule has 0 amide bonds. The van der Waals surface area contributed by atoms with Gasteiger partial charge in [0.25, 0.3) is 6.71 Å². The predicted molar refractivity (Wildman–Crippen MR) is 247 cm³/mol. The predicted octanol–water partition coefficient (Wildman–Crippen LogP) is 12.7. The van der Waals surface area contributed by atoms with Crippen molar-refractivity contribution in [2.24, 2.45) is 0 Å². The van der Waals surface area contributed by atoms with Crippen LogP contribution < -0.4 is 26.2 Å². The molecule has 0 saturated carbocycles. The van der Waals surface area contributed by atoms with Crippen molar-refractivity contribution in [3.63, 3.8) is 0 Å². The zero-order chi connectivity index (χ0) is 38.6. The van der Waals surface area contributed by atoms with Gasteiger partial charge in [-0.1, -0.05) is 158 Å². The van der Waals surface area contributed by atoms with Crippen LogP contribution in [0.3, 0.4) is 0 Å². The summed E-state index contributed by atoms with van der Waals surface area (Å²) < 4.78 is 0. The van der Waals surface area contributed by atoms with E-state index < -0.39 is 0 Å². The summed E-state index contributed by atoms with van der Waals surface area (Å²) in [7, 11) is 0. The van der Waals surface area contributed by atoms with Gasteiger partial charge in [0.1, 0.15) is 0 Å². The third-order valence-electron chi connectivity index (χ3n) is 11.8. The molecule has 0 N–H and O–H groups in total. The van der Waals surface area contributed by atoms with Crippen molar-refractivity contribution in [1.29, 1.82) is 0 Å². The van der Waals surface area contributed by atoms with Crippen LogP contribution in [0.15, 0.2) is 218 Å². The zero-order valence-electron chi connectivity index (χ0n) is 32.3. The van der Waals surface area contributed by atoms with Crippen molar-refractivity contribution in [3.8, 4) is 44.5 Å². The van der Waals surface area contributed by atoms with E-state index in [-0.39, 0.29) is 6.71 Å². The lowest BCUT2D eigenvalue weighted by Gasteiger charge is -2.44. The third kappa shape index (κ3) is 5.74. The highest BCUT2D eigenvalue weighted by atomic mass is 15.2. The molecule has 11 rings (SSSR count). The Morgan fingerprint density at radius 1 is 0.293 bits per heavy atom. The zero-order valence-corrected chi connectivity index (χ0v) is 32.3. The molecule has 0 saturated heterocycles. The second-order valence-electron chi connectivity index (χ2n) is 15.4. The summed E-state index contributed by atoms with van der Waals surface area (Å²) in [5, 5.41) is 0. The van der Waals surface area contributed by atoms with E-state index in [1.807, 2.05) is 0 Å². The molecule has 0 radical (unpaired) electrons. The monoisotopic (exact) mass is 738 g/mol. The lowest BCUT2D eigenvalue weighted by Crippen LogP contribution is -2.61. The van der Waals surface area contributed by atoms with Gasteiger partial charge in [0.05, 0.1) is 0 Å². The summed E-state index contributed by atoms with van der Waals surface area (Å²) in [5.74, 6) is 0. The van der Waals surface area contributed by atoms with Crippen LogP contribution in [0.1, 0.15) is 5.56 Å². The van der Waals surface area contributed by atoms with Crippen molar-refractivity contribution in [3.05, 3.63) is 224 Å². The highest BCUT2D eigenvalue weighted by molar-refractivity contribution is 7.00. The van der Waals surface area contributed by atoms with Gasteiger partial charge in [-0.25, -0.2) is 0 Å². The summed E-state index contributed by atoms with van der Waals surface area (Å²) in [6.45, 7) is 2.30. The van der Waals surface area contributed by atoms with Crippen LogP contribution in [0, 0.1) is 6.92 Å². The van der Waals surface area contributed by atoms with Gasteiger partial charge in [-0.2, -0.15) is 0 Å². The van der Waals surface area contributed by atoms with Gasteiger partial charge in [0.15, 0.2) is 0 Å². The Bertz CT molecular complexity index is 2650. The van der Waals surface area contributed by atoms with Crippen LogP contribution in [0.4, 0.5) is 34.1 Å². The normalized spacial score (nSPS) is 12.5. The molecule has 2 nitrogen and oxygen atoms in total. The van der Waals surface area contributed by atoms with Gasteiger partial charge in [-0.3, -0.25) is 0 Å². The fraction of sp³-hybridized carbons (Fsp3) is 0.0182. The maximum atomic E-state index is 2.53. The molecule has 0 bridgehead atoms. The Hall–Kier alpha value is -7.36. The molecule has 58 heavy (non-hydrogen) atoms. The molecule has 0 spiro atoms. The Labute approximate surface area is 341 Å². The molecular formula is C55H39BN2. The fourth-order valence-corrected chi connectivity index (χ4v) is 9.26. The highest BCUT2D eigenvalue weighted by Crippen LogP contribution is 2.47. The number of aryl methyl sites for hydroxylation is 1. The maximum absolute atomic E-state index is 2.53. The topological polar surface area (TPSA) is 6.48 Å². The Kier molecular flexibility index (Phi) is 8.18. The number of rotatable bonds is 6. The molecule has 0 aromatic heterocycles. The first kappa shape index (κ1) is 33.9. The number of nitrogens with zero attached hydrogens (tertiary/aromatic N) is 2. The minimum absolute atomic E-state index is 0.0577. The quantitative estimate of drug-likeness (QED) is 0.157. The number of para-hydroxylation sites is 2. The first-order valence-corrected chi connectivity index (χ1v) is 20.1. The SMILES string of the molecule is Cc1cc2c3c(c1)N(c1cc(-c4ccccc4)cc(-c4ccccc4)c1)c1ccccc1B3c1ccccc1N2c1cc(-c2ccccc2)cc(-c2ccccc2)c1. The van der Waals surface area contributed by atoms with Crippen molar-refractivity contribution in [1.82, 2.24) is 0 Å². The van der Waals surface area contributed by atoms with Crippen LogP contribution in [-0.2, 0) is 0 Å². The molecule has 9 aromatic rings. The van der Waals surface area contributed by atoms with E-state index in [9.17, 15) is 0 Å². The summed E-state index contributed by atoms with van der Waals surface area (Å²) >= 11 is 0. The molecule has 272 valence electrons. The molecule has 2 aliphatic heterocycles. The molecule has 0 aliphatic carbocycles. The van der Waals surface area contributed by atoms with Crippen LogP contribution in [0.5, 0.6) is 0 Å². The third-order valence-corrected chi connectivity index (χ3v) is 11.8. The molecule has 0 unspecified atom stereocenters. The van der Waals surface area contributed by atoms with E-state index in [1.54, 1.807) is 0 Å². The number of hydrogen-bond acceptors (Lipinski definition) is 2. The molecule has 9 aromatic carbocycles. The summed E-state index contributed by atoms with van der Waals surface area (Å²) in [5.41, 5.74) is 21.8. The number of anilines is 6. The largest absolute Gasteiger partial charge is 0.311 e. The van der Waals surface area contributed by atoms with E-state index in [4.69, 9.17) is 0 Å². The molecule has 0 fully saturated rings. The van der Waals surface area contributed by atoms with Crippen molar-refractivity contribution in [2.45, 2.75) is 6.92 Å². The van der Waals surface area contributed by atoms with Gasteiger partial charge >= 0.3 is 0 Å². The summed E-state index contributed by atoms with van der Waals surface area (Å²) in [6, 6.07) is 80.1. The van der Waals surface area contributed by atoms with Gasteiger partial charge in [0, 0.05) is 34.1 Å². The van der Waals surface area contributed by atoms with Crippen LogP contribution in [-0.4, -0.2) is 6.71 Å². The second kappa shape index (κ2) is 14.0. The number of fused-ring (bicyclic) bond motifs is 4. The Morgan fingerprint density at radius 2 is 0.603 bits per heavy atom. The van der Waals surface area contributed by atoms with Gasteiger partial charge in [-0.05, 0) is 134 Å². The average Bonchev–Trinajstić information content (AvgIpc) is 3.29. The summed E-state index contributed by atoms with van der Waals surface area (Å²) in [4.78, 5) is 5.05. The highest BCUT2D eigenvalue weighted by Gasteiger charge is 2.43. The second-order valence-corrected chi connectivity index (χ2v) is 15.4. The average molecular weight is 739 g/mol. The Balaban J connectivity index is 1.18. The van der Waals surface area contributed by atoms with E-state index in [1.165, 1.54) is 89.2 Å². The number of hydrogen-bond donors (Lipinski definition) is 0. The van der Waals surface area contributed by atoms with E-state index in [0.29, 0.717) is 0 Å². The van der Waals surface area contributed by atoms with Gasteiger partial charge in [0.2, 0.25) is 0 Å². The minimum atomic E-state index is 0.0577. The fourth-order valence-electron chi connectivity index (χ4n) is 9.26. The molecule has 3 heteroatoms. The van der Waals surface area contributed by atoms with Crippen molar-refractivity contribution < 1.29 is 0 Å². The van der Waals surface area contributed by atoms with E-state index in [2.05, 4.69) is 235 Å². The standard InChI is InChI=1S/C55H39BN2/c1-38-30-53-55-54(31-38)58(48-36-45(41-22-10-4-11-23-41)33-46(37-48)42-24-12-5-13-25-42)52-29-17-15-27-50(52)56(55)49-26-14-16-28-51(49)57(53)47-34-43(39-18-6-2-7-19-39)32-44(35-47)40-20-8-3-9-21-40/h2-37H,1H3. The van der Waals surface area contributed by atoms with Crippen LogP contribution in [0.2, 0.25) is 0 Å². The summed E-state index contributed by atoms with van der Waals surface area (Å²) in [6.07, 6.45) is 0. The Morgan fingerprint density at radius 3 is 0.948 bits per heavy atom. The molecular weight excluding hydrogens is 699 g/mol. The number of benzene rings is 9. The first-order valence-electron chi connectivity index (χ1n) is 20.1. The lowest BCUT2D eigenvalue weighted by atomic mass is 9.33. The maximum Gasteiger partial charge on any atom is 0.252 e. The molecule has 2 aliphatic rings. The van der Waals surface area contributed by atoms with E-state index in [0.717, 1.165) is 11.4 Å². The van der Waals surface area contributed by atoms with Crippen molar-refractivity contribution >= 4 is 57.2 Å². The van der Waals surface area contributed by atoms with Gasteiger partial charge < -0.3 is 9.80 Å². The molecule has 2 heterocycles. The van der Waals surface area contributed by atoms with Crippen LogP contribution >= 0.6 is 0 Å².